The number of nitrogens with zero attached hydrogens (tertiary/aromatic N) is 1. The predicted molar refractivity (Wildman–Crippen MR) is 77.0 cm³/mol. The molecular formula is C17H22FNO. The molecule has 20 heavy (non-hydrogen) atoms. The second kappa shape index (κ2) is 6.04. The number of hydrogen-bond acceptors (Lipinski definition) is 2. The van der Waals surface area contributed by atoms with Gasteiger partial charge in [0.05, 0.1) is 6.54 Å². The van der Waals surface area contributed by atoms with Crippen LogP contribution < -0.4 is 0 Å². The number of halogens is 1. The van der Waals surface area contributed by atoms with Crippen LogP contribution in [0.3, 0.4) is 0 Å². The first-order valence-corrected chi connectivity index (χ1v) is 7.72. The van der Waals surface area contributed by atoms with Gasteiger partial charge >= 0.3 is 0 Å². The van der Waals surface area contributed by atoms with Crippen molar-refractivity contribution >= 4 is 5.78 Å². The van der Waals surface area contributed by atoms with Crippen LogP contribution in [0.2, 0.25) is 0 Å². The van der Waals surface area contributed by atoms with Crippen molar-refractivity contribution in [2.75, 3.05) is 13.1 Å². The van der Waals surface area contributed by atoms with Gasteiger partial charge in [-0.3, -0.25) is 9.69 Å². The molecule has 1 heterocycles. The number of carbonyl (C=O) groups is 1. The predicted octanol–water partition coefficient (Wildman–Crippen LogP) is 3.20. The molecule has 1 aliphatic carbocycles. The number of piperidine rings is 1. The van der Waals surface area contributed by atoms with Crippen LogP contribution in [-0.2, 0) is 11.2 Å². The second-order valence-electron chi connectivity index (χ2n) is 6.21. The Kier molecular flexibility index (Phi) is 4.16. The van der Waals surface area contributed by atoms with Crippen molar-refractivity contribution in [3.05, 3.63) is 35.6 Å². The number of Topliss-reactive ketones (excluding diaryl/α,β-unsaturated/α-hetero) is 1. The molecule has 1 aromatic rings. The second-order valence-corrected chi connectivity index (χ2v) is 6.21. The standard InChI is InChI=1S/C17H22FNO/c18-15-8-6-13(7-9-15)11-16(20)12-19-10-2-4-14-3-1-5-17(14)19/h6-9,14,17H,1-5,10-12H2. The van der Waals surface area contributed by atoms with E-state index in [0.717, 1.165) is 18.0 Å². The maximum Gasteiger partial charge on any atom is 0.151 e. The molecule has 2 atom stereocenters. The molecule has 2 nitrogen and oxygen atoms in total. The van der Waals surface area contributed by atoms with Crippen LogP contribution in [0.5, 0.6) is 0 Å². The molecule has 1 saturated heterocycles. The fraction of sp³-hybridized carbons (Fsp3) is 0.588. The van der Waals surface area contributed by atoms with E-state index in [1.54, 1.807) is 12.1 Å². The highest BCUT2D eigenvalue weighted by Gasteiger charge is 2.35. The first-order chi connectivity index (χ1) is 9.72. The molecule has 0 amide bonds. The van der Waals surface area contributed by atoms with E-state index < -0.39 is 0 Å². The molecule has 1 aromatic carbocycles. The van der Waals surface area contributed by atoms with Gasteiger partial charge in [-0.1, -0.05) is 18.6 Å². The molecule has 2 fully saturated rings. The minimum atomic E-state index is -0.244. The van der Waals surface area contributed by atoms with Crippen LogP contribution in [-0.4, -0.2) is 29.8 Å². The maximum absolute atomic E-state index is 12.9. The average molecular weight is 275 g/mol. The van der Waals surface area contributed by atoms with Gasteiger partial charge in [0.25, 0.3) is 0 Å². The lowest BCUT2D eigenvalue weighted by molar-refractivity contribution is -0.120. The molecule has 1 saturated carbocycles. The number of fused-ring (bicyclic) bond motifs is 1. The summed E-state index contributed by atoms with van der Waals surface area (Å²) in [7, 11) is 0. The Morgan fingerprint density at radius 1 is 1.15 bits per heavy atom. The zero-order valence-corrected chi connectivity index (χ0v) is 11.9. The van der Waals surface area contributed by atoms with Gasteiger partial charge < -0.3 is 0 Å². The average Bonchev–Trinajstić information content (AvgIpc) is 2.91. The maximum atomic E-state index is 12.9. The van der Waals surface area contributed by atoms with Crippen LogP contribution in [0.15, 0.2) is 24.3 Å². The lowest BCUT2D eigenvalue weighted by Crippen LogP contribution is -2.45. The van der Waals surface area contributed by atoms with Crippen molar-refractivity contribution in [1.82, 2.24) is 4.90 Å². The minimum absolute atomic E-state index is 0.244. The third-order valence-electron chi connectivity index (χ3n) is 4.80. The number of likely N-dealkylation sites (tertiary alicyclic amines) is 1. The Bertz CT molecular complexity index is 470. The van der Waals surface area contributed by atoms with E-state index in [4.69, 9.17) is 0 Å². The van der Waals surface area contributed by atoms with E-state index in [1.807, 2.05) is 0 Å². The summed E-state index contributed by atoms with van der Waals surface area (Å²) in [6, 6.07) is 6.91. The van der Waals surface area contributed by atoms with Crippen molar-refractivity contribution in [2.24, 2.45) is 5.92 Å². The van der Waals surface area contributed by atoms with Gasteiger partial charge in [-0.25, -0.2) is 4.39 Å². The van der Waals surface area contributed by atoms with Crippen LogP contribution in [0, 0.1) is 11.7 Å². The van der Waals surface area contributed by atoms with Gasteiger partial charge in [0.1, 0.15) is 5.82 Å². The van der Waals surface area contributed by atoms with Crippen molar-refractivity contribution in [1.29, 1.82) is 0 Å². The van der Waals surface area contributed by atoms with Crippen molar-refractivity contribution in [2.45, 2.75) is 44.6 Å². The van der Waals surface area contributed by atoms with E-state index >= 15 is 0 Å². The summed E-state index contributed by atoms with van der Waals surface area (Å²) in [6.45, 7) is 1.63. The summed E-state index contributed by atoms with van der Waals surface area (Å²) in [5, 5.41) is 0. The lowest BCUT2D eigenvalue weighted by atomic mass is 9.91. The topological polar surface area (TPSA) is 20.3 Å². The molecule has 1 aliphatic heterocycles. The lowest BCUT2D eigenvalue weighted by Gasteiger charge is -2.37. The van der Waals surface area contributed by atoms with Crippen LogP contribution in [0.1, 0.15) is 37.7 Å². The third-order valence-corrected chi connectivity index (χ3v) is 4.80. The summed E-state index contributed by atoms with van der Waals surface area (Å²) in [5.74, 6) is 0.831. The SMILES string of the molecule is O=C(Cc1ccc(F)cc1)CN1CCCC2CCCC21. The Morgan fingerprint density at radius 3 is 2.70 bits per heavy atom. The number of rotatable bonds is 4. The number of hydrogen-bond donors (Lipinski definition) is 0. The summed E-state index contributed by atoms with van der Waals surface area (Å²) >= 11 is 0. The van der Waals surface area contributed by atoms with Gasteiger partial charge in [0.2, 0.25) is 0 Å². The van der Waals surface area contributed by atoms with Crippen molar-refractivity contribution in [3.8, 4) is 0 Å². The molecule has 0 spiro atoms. The quantitative estimate of drug-likeness (QED) is 0.841. The third kappa shape index (κ3) is 3.09. The monoisotopic (exact) mass is 275 g/mol. The number of benzene rings is 1. The van der Waals surface area contributed by atoms with Gasteiger partial charge in [0.15, 0.2) is 5.78 Å². The van der Waals surface area contributed by atoms with Crippen LogP contribution >= 0.6 is 0 Å². The summed E-state index contributed by atoms with van der Waals surface area (Å²) in [5.41, 5.74) is 0.913. The summed E-state index contributed by atoms with van der Waals surface area (Å²) in [6.07, 6.45) is 6.91. The fourth-order valence-corrected chi connectivity index (χ4v) is 3.87. The Morgan fingerprint density at radius 2 is 1.90 bits per heavy atom. The molecular weight excluding hydrogens is 253 g/mol. The fourth-order valence-electron chi connectivity index (χ4n) is 3.87. The Hall–Kier alpha value is -1.22. The zero-order valence-electron chi connectivity index (χ0n) is 11.9. The van der Waals surface area contributed by atoms with E-state index in [1.165, 1.54) is 44.2 Å². The number of ketones is 1. The van der Waals surface area contributed by atoms with Gasteiger partial charge in [0, 0.05) is 12.5 Å². The molecule has 0 aromatic heterocycles. The molecule has 108 valence electrons. The highest BCUT2D eigenvalue weighted by atomic mass is 19.1. The molecule has 2 unspecified atom stereocenters. The van der Waals surface area contributed by atoms with Crippen molar-refractivity contribution in [3.63, 3.8) is 0 Å². The highest BCUT2D eigenvalue weighted by molar-refractivity contribution is 5.82. The molecule has 3 heteroatoms. The van der Waals surface area contributed by atoms with E-state index in [-0.39, 0.29) is 11.6 Å². The highest BCUT2D eigenvalue weighted by Crippen LogP contribution is 2.36. The number of carbonyl (C=O) groups excluding carboxylic acids is 1. The van der Waals surface area contributed by atoms with Crippen LogP contribution in [0.25, 0.3) is 0 Å². The molecule has 0 N–H and O–H groups in total. The Labute approximate surface area is 120 Å². The van der Waals surface area contributed by atoms with Gasteiger partial charge in [-0.2, -0.15) is 0 Å². The first kappa shape index (κ1) is 13.7. The largest absolute Gasteiger partial charge is 0.298 e. The molecule has 3 rings (SSSR count). The van der Waals surface area contributed by atoms with Crippen LogP contribution in [0.4, 0.5) is 4.39 Å². The summed E-state index contributed by atoms with van der Waals surface area (Å²) in [4.78, 5) is 14.6. The Balaban J connectivity index is 1.57. The molecule has 0 bridgehead atoms. The minimum Gasteiger partial charge on any atom is -0.298 e. The first-order valence-electron chi connectivity index (χ1n) is 7.72. The van der Waals surface area contributed by atoms with E-state index in [9.17, 15) is 9.18 Å². The van der Waals surface area contributed by atoms with Crippen molar-refractivity contribution < 1.29 is 9.18 Å². The summed E-state index contributed by atoms with van der Waals surface area (Å²) < 4.78 is 12.9. The normalized spacial score (nSPS) is 26.4. The zero-order chi connectivity index (χ0) is 13.9. The molecule has 0 radical (unpaired) electrons. The van der Waals surface area contributed by atoms with Gasteiger partial charge in [-0.15, -0.1) is 0 Å². The molecule has 2 aliphatic rings. The smallest absolute Gasteiger partial charge is 0.151 e. The van der Waals surface area contributed by atoms with E-state index in [2.05, 4.69) is 4.90 Å². The van der Waals surface area contributed by atoms with Gasteiger partial charge in [-0.05, 0) is 55.8 Å². The van der Waals surface area contributed by atoms with E-state index in [0.29, 0.717) is 19.0 Å².